The number of aromatic nitrogens is 2. The van der Waals surface area contributed by atoms with Gasteiger partial charge in [-0.2, -0.15) is 0 Å². The van der Waals surface area contributed by atoms with Crippen LogP contribution in [0.5, 0.6) is 0 Å². The van der Waals surface area contributed by atoms with E-state index in [4.69, 9.17) is 12.2 Å². The van der Waals surface area contributed by atoms with Gasteiger partial charge in [-0.15, -0.1) is 0 Å². The van der Waals surface area contributed by atoms with Gasteiger partial charge in [-0.1, -0.05) is 13.8 Å². The van der Waals surface area contributed by atoms with E-state index < -0.39 is 11.6 Å². The van der Waals surface area contributed by atoms with Crippen LogP contribution in [0.15, 0.2) is 12.1 Å². The number of hydrogen-bond acceptors (Lipinski definition) is 1. The summed E-state index contributed by atoms with van der Waals surface area (Å²) in [7, 11) is 0. The van der Waals surface area contributed by atoms with Crippen molar-refractivity contribution in [2.45, 2.75) is 33.2 Å². The van der Waals surface area contributed by atoms with Gasteiger partial charge in [0, 0.05) is 6.54 Å². The minimum atomic E-state index is -0.839. The molecule has 0 radical (unpaired) electrons. The van der Waals surface area contributed by atoms with Gasteiger partial charge in [0.2, 0.25) is 0 Å². The first-order valence-electron chi connectivity index (χ1n) is 6.07. The number of rotatable bonds is 4. The molecule has 0 aliphatic carbocycles. The first-order chi connectivity index (χ1) is 8.50. The lowest BCUT2D eigenvalue weighted by atomic mass is 10.1. The zero-order chi connectivity index (χ0) is 13.3. The molecule has 5 heteroatoms. The summed E-state index contributed by atoms with van der Waals surface area (Å²) in [5.74, 6) is -1.08. The van der Waals surface area contributed by atoms with E-state index >= 15 is 0 Å². The van der Waals surface area contributed by atoms with Crippen LogP contribution in [-0.4, -0.2) is 9.55 Å². The maximum absolute atomic E-state index is 13.8. The van der Waals surface area contributed by atoms with Crippen molar-refractivity contribution >= 4 is 23.3 Å². The Kier molecular flexibility index (Phi) is 3.80. The molecular weight excluding hydrogens is 254 g/mol. The highest BCUT2D eigenvalue weighted by molar-refractivity contribution is 7.71. The Morgan fingerprint density at radius 1 is 1.33 bits per heavy atom. The fourth-order valence-electron chi connectivity index (χ4n) is 2.06. The number of aromatic amines is 1. The Morgan fingerprint density at radius 3 is 2.72 bits per heavy atom. The third-order valence-electron chi connectivity index (χ3n) is 2.99. The molecule has 0 aliphatic rings. The number of nitrogens with one attached hydrogen (secondary N) is 1. The molecule has 1 aromatic carbocycles. The minimum absolute atomic E-state index is 0.240. The summed E-state index contributed by atoms with van der Waals surface area (Å²) in [6.45, 7) is 4.88. The Bertz CT molecular complexity index is 613. The zero-order valence-electron chi connectivity index (χ0n) is 10.5. The summed E-state index contributed by atoms with van der Waals surface area (Å²) in [5, 5.41) is 0. The SMILES string of the molecule is CC(C)CCCn1c(=S)[nH]c2ccc(F)c(F)c21. The van der Waals surface area contributed by atoms with Crippen molar-refractivity contribution in [3.63, 3.8) is 0 Å². The molecule has 98 valence electrons. The number of imidazole rings is 1. The van der Waals surface area contributed by atoms with E-state index in [1.54, 1.807) is 4.57 Å². The fraction of sp³-hybridized carbons (Fsp3) is 0.462. The van der Waals surface area contributed by atoms with Crippen LogP contribution < -0.4 is 0 Å². The van der Waals surface area contributed by atoms with Gasteiger partial charge >= 0.3 is 0 Å². The lowest BCUT2D eigenvalue weighted by Gasteiger charge is -2.07. The molecule has 18 heavy (non-hydrogen) atoms. The Hall–Kier alpha value is -1.23. The van der Waals surface area contributed by atoms with Crippen LogP contribution in [0.2, 0.25) is 0 Å². The Labute approximate surface area is 110 Å². The molecule has 0 bridgehead atoms. The van der Waals surface area contributed by atoms with Crippen molar-refractivity contribution in [3.8, 4) is 0 Å². The van der Waals surface area contributed by atoms with E-state index in [0.717, 1.165) is 18.9 Å². The van der Waals surface area contributed by atoms with E-state index in [9.17, 15) is 8.78 Å². The smallest absolute Gasteiger partial charge is 0.184 e. The van der Waals surface area contributed by atoms with Crippen molar-refractivity contribution in [2.75, 3.05) is 0 Å². The minimum Gasteiger partial charge on any atom is -0.330 e. The molecule has 0 amide bonds. The summed E-state index contributed by atoms with van der Waals surface area (Å²) in [6.07, 6.45) is 1.93. The van der Waals surface area contributed by atoms with E-state index in [1.165, 1.54) is 6.07 Å². The maximum atomic E-state index is 13.8. The monoisotopic (exact) mass is 270 g/mol. The van der Waals surface area contributed by atoms with Gasteiger partial charge in [-0.05, 0) is 43.1 Å². The third-order valence-corrected chi connectivity index (χ3v) is 3.31. The molecule has 0 fully saturated rings. The summed E-state index contributed by atoms with van der Waals surface area (Å²) < 4.78 is 29.1. The normalized spacial score (nSPS) is 11.6. The van der Waals surface area contributed by atoms with Gasteiger partial charge in [0.05, 0.1) is 5.52 Å². The quantitative estimate of drug-likeness (QED) is 0.816. The number of hydrogen-bond donors (Lipinski definition) is 1. The average Bonchev–Trinajstić information content (AvgIpc) is 2.61. The molecule has 0 saturated heterocycles. The standard InChI is InChI=1S/C13H16F2N2S/c1-8(2)4-3-7-17-12-10(16-13(17)18)6-5-9(14)11(12)15/h5-6,8H,3-4,7H2,1-2H3,(H,16,18). The molecule has 0 spiro atoms. The van der Waals surface area contributed by atoms with Crippen LogP contribution in [-0.2, 0) is 6.54 Å². The van der Waals surface area contributed by atoms with Gasteiger partial charge in [0.25, 0.3) is 0 Å². The van der Waals surface area contributed by atoms with Gasteiger partial charge < -0.3 is 9.55 Å². The molecule has 0 atom stereocenters. The van der Waals surface area contributed by atoms with Crippen LogP contribution in [0.3, 0.4) is 0 Å². The second-order valence-electron chi connectivity index (χ2n) is 4.88. The molecule has 0 unspecified atom stereocenters. The second kappa shape index (κ2) is 5.18. The van der Waals surface area contributed by atoms with E-state index in [0.29, 0.717) is 22.8 Å². The number of benzene rings is 1. The van der Waals surface area contributed by atoms with Crippen LogP contribution in [0.25, 0.3) is 11.0 Å². The lowest BCUT2D eigenvalue weighted by Crippen LogP contribution is -2.02. The van der Waals surface area contributed by atoms with Gasteiger partial charge in [0.15, 0.2) is 16.4 Å². The topological polar surface area (TPSA) is 20.7 Å². The van der Waals surface area contributed by atoms with E-state index in [1.807, 2.05) is 0 Å². The van der Waals surface area contributed by atoms with Crippen molar-refractivity contribution < 1.29 is 8.78 Å². The maximum Gasteiger partial charge on any atom is 0.184 e. The molecule has 2 nitrogen and oxygen atoms in total. The molecule has 2 rings (SSSR count). The molecule has 1 heterocycles. The van der Waals surface area contributed by atoms with Crippen LogP contribution >= 0.6 is 12.2 Å². The summed E-state index contributed by atoms with van der Waals surface area (Å²) in [4.78, 5) is 2.90. The molecule has 0 aliphatic heterocycles. The van der Waals surface area contributed by atoms with Crippen LogP contribution in [0, 0.1) is 22.3 Å². The summed E-state index contributed by atoms with van der Waals surface area (Å²) in [5.41, 5.74) is 0.784. The van der Waals surface area contributed by atoms with Crippen LogP contribution in [0.1, 0.15) is 26.7 Å². The Balaban J connectivity index is 2.40. The fourth-order valence-corrected chi connectivity index (χ4v) is 2.35. The number of nitrogens with zero attached hydrogens (tertiary/aromatic N) is 1. The molecular formula is C13H16F2N2S. The summed E-state index contributed by atoms with van der Waals surface area (Å²) >= 11 is 5.15. The number of fused-ring (bicyclic) bond motifs is 1. The highest BCUT2D eigenvalue weighted by atomic mass is 32.1. The molecule has 1 N–H and O–H groups in total. The predicted octanol–water partition coefficient (Wildman–Crippen LogP) is 4.41. The van der Waals surface area contributed by atoms with Crippen molar-refractivity contribution in [3.05, 3.63) is 28.5 Å². The largest absolute Gasteiger partial charge is 0.330 e. The summed E-state index contributed by atoms with van der Waals surface area (Å²) in [6, 6.07) is 2.63. The number of H-pyrrole nitrogens is 1. The second-order valence-corrected chi connectivity index (χ2v) is 5.26. The highest BCUT2D eigenvalue weighted by Gasteiger charge is 2.13. The van der Waals surface area contributed by atoms with Gasteiger partial charge in [-0.25, -0.2) is 8.78 Å². The molecule has 2 aromatic rings. The van der Waals surface area contributed by atoms with Crippen LogP contribution in [0.4, 0.5) is 8.78 Å². The predicted molar refractivity (Wildman–Crippen MR) is 71.1 cm³/mol. The highest BCUT2D eigenvalue weighted by Crippen LogP contribution is 2.21. The van der Waals surface area contributed by atoms with E-state index in [2.05, 4.69) is 18.8 Å². The lowest BCUT2D eigenvalue weighted by molar-refractivity contribution is 0.496. The van der Waals surface area contributed by atoms with Crippen molar-refractivity contribution in [1.29, 1.82) is 0 Å². The first-order valence-corrected chi connectivity index (χ1v) is 6.48. The Morgan fingerprint density at radius 2 is 2.06 bits per heavy atom. The van der Waals surface area contributed by atoms with Crippen molar-refractivity contribution in [1.82, 2.24) is 9.55 Å². The molecule has 0 saturated carbocycles. The molecule has 1 aromatic heterocycles. The van der Waals surface area contributed by atoms with Gasteiger partial charge in [0.1, 0.15) is 5.52 Å². The number of aryl methyl sites for hydroxylation is 1. The van der Waals surface area contributed by atoms with Crippen molar-refractivity contribution in [2.24, 2.45) is 5.92 Å². The number of halogens is 2. The third kappa shape index (κ3) is 2.46. The average molecular weight is 270 g/mol. The van der Waals surface area contributed by atoms with Gasteiger partial charge in [-0.3, -0.25) is 0 Å². The zero-order valence-corrected chi connectivity index (χ0v) is 11.3. The first kappa shape index (κ1) is 13.2. The van der Waals surface area contributed by atoms with E-state index in [-0.39, 0.29) is 5.52 Å².